The molecular weight excluding hydrogens is 296 g/mol. The molecule has 1 fully saturated rings. The van der Waals surface area contributed by atoms with Crippen molar-refractivity contribution in [1.82, 2.24) is 19.9 Å². The smallest absolute Gasteiger partial charge is 0.242 e. The van der Waals surface area contributed by atoms with Gasteiger partial charge in [-0.15, -0.1) is 0 Å². The van der Waals surface area contributed by atoms with Gasteiger partial charge in [-0.05, 0) is 13.0 Å². The highest BCUT2D eigenvalue weighted by Gasteiger charge is 2.18. The third-order valence-electron chi connectivity index (χ3n) is 3.78. The number of nitrogens with one attached hydrogen (secondary N) is 2. The Kier molecular flexibility index (Phi) is 4.33. The van der Waals surface area contributed by atoms with Gasteiger partial charge in [-0.3, -0.25) is 4.79 Å². The molecule has 0 saturated carbocycles. The van der Waals surface area contributed by atoms with Crippen LogP contribution in [-0.2, 0) is 9.53 Å². The zero-order valence-corrected chi connectivity index (χ0v) is 13.7. The third kappa shape index (κ3) is 3.37. The number of nitrogens with zero attached hydrogens (tertiary/aromatic N) is 4. The van der Waals surface area contributed by atoms with Gasteiger partial charge in [0, 0.05) is 32.9 Å². The fraction of sp³-hybridized carbons (Fsp3) is 0.533. The number of carbonyl (C=O) groups is 1. The maximum absolute atomic E-state index is 12.3. The summed E-state index contributed by atoms with van der Waals surface area (Å²) in [5.74, 6) is 1.32. The minimum atomic E-state index is 0.0544. The number of aryl methyl sites for hydroxylation is 1. The maximum Gasteiger partial charge on any atom is 0.242 e. The predicted molar refractivity (Wildman–Crippen MR) is 88.8 cm³/mol. The van der Waals surface area contributed by atoms with E-state index in [1.807, 2.05) is 36.9 Å². The van der Waals surface area contributed by atoms with E-state index in [0.717, 1.165) is 16.7 Å². The van der Waals surface area contributed by atoms with E-state index in [-0.39, 0.29) is 12.5 Å². The van der Waals surface area contributed by atoms with E-state index in [2.05, 4.69) is 20.3 Å². The first-order valence-electron chi connectivity index (χ1n) is 7.68. The molecule has 0 spiro atoms. The summed E-state index contributed by atoms with van der Waals surface area (Å²) in [6.07, 6.45) is 0. The van der Waals surface area contributed by atoms with E-state index in [1.165, 1.54) is 0 Å². The van der Waals surface area contributed by atoms with Crippen LogP contribution in [0.2, 0.25) is 0 Å². The molecule has 0 radical (unpaired) electrons. The van der Waals surface area contributed by atoms with Crippen LogP contribution in [0.1, 0.15) is 5.69 Å². The van der Waals surface area contributed by atoms with Crippen LogP contribution < -0.4 is 10.2 Å². The lowest BCUT2D eigenvalue weighted by Crippen LogP contribution is -2.43. The number of morpholine rings is 1. The topological polar surface area (TPSA) is 86.4 Å². The first-order chi connectivity index (χ1) is 11.0. The lowest BCUT2D eigenvalue weighted by Gasteiger charge is -2.27. The number of hydrogen-bond donors (Lipinski definition) is 2. The summed E-state index contributed by atoms with van der Waals surface area (Å²) in [5.41, 5.74) is 1.77. The van der Waals surface area contributed by atoms with Gasteiger partial charge in [0.1, 0.15) is 11.5 Å². The van der Waals surface area contributed by atoms with Crippen LogP contribution >= 0.6 is 0 Å². The van der Waals surface area contributed by atoms with Gasteiger partial charge in [-0.25, -0.2) is 0 Å². The molecule has 0 aromatic carbocycles. The first-order valence-corrected chi connectivity index (χ1v) is 7.68. The van der Waals surface area contributed by atoms with E-state index in [9.17, 15) is 4.79 Å². The predicted octanol–water partition coefficient (Wildman–Crippen LogP) is 0.603. The van der Waals surface area contributed by atoms with Crippen molar-refractivity contribution < 1.29 is 9.53 Å². The molecule has 2 aromatic heterocycles. The molecule has 124 valence electrons. The monoisotopic (exact) mass is 318 g/mol. The quantitative estimate of drug-likeness (QED) is 0.859. The molecule has 1 amide bonds. The molecule has 0 aliphatic carbocycles. The Hall–Kier alpha value is -2.35. The molecule has 23 heavy (non-hydrogen) atoms. The van der Waals surface area contributed by atoms with Crippen molar-refractivity contribution in [3.8, 4) is 0 Å². The number of hydrogen-bond acceptors (Lipinski definition) is 6. The van der Waals surface area contributed by atoms with Crippen molar-refractivity contribution in [2.45, 2.75) is 6.92 Å². The second kappa shape index (κ2) is 6.41. The second-order valence-corrected chi connectivity index (χ2v) is 5.83. The van der Waals surface area contributed by atoms with Crippen molar-refractivity contribution in [3.63, 3.8) is 0 Å². The van der Waals surface area contributed by atoms with Crippen LogP contribution in [0.4, 0.5) is 11.8 Å². The second-order valence-electron chi connectivity index (χ2n) is 5.83. The van der Waals surface area contributed by atoms with Crippen molar-refractivity contribution >= 4 is 28.7 Å². The summed E-state index contributed by atoms with van der Waals surface area (Å²) >= 11 is 0. The molecular formula is C15H22N6O2. The highest BCUT2D eigenvalue weighted by atomic mass is 16.5. The SMILES string of the molecule is Cc1cc2c(NCC(=O)N3CCOCC3)nc(N(C)C)nc2[nH]1. The molecule has 2 N–H and O–H groups in total. The van der Waals surface area contributed by atoms with Crippen LogP contribution in [0.5, 0.6) is 0 Å². The van der Waals surface area contributed by atoms with Crippen molar-refractivity contribution in [2.24, 2.45) is 0 Å². The molecule has 0 unspecified atom stereocenters. The van der Waals surface area contributed by atoms with E-state index in [1.54, 1.807) is 0 Å². The van der Waals surface area contributed by atoms with Crippen molar-refractivity contribution in [2.75, 3.05) is 57.2 Å². The lowest BCUT2D eigenvalue weighted by molar-refractivity contribution is -0.133. The molecule has 1 aliphatic rings. The van der Waals surface area contributed by atoms with Gasteiger partial charge in [-0.2, -0.15) is 9.97 Å². The Morgan fingerprint density at radius 1 is 1.39 bits per heavy atom. The molecule has 0 atom stereocenters. The lowest BCUT2D eigenvalue weighted by atomic mass is 10.3. The number of aromatic nitrogens is 3. The Bertz CT molecular complexity index is 705. The molecule has 8 nitrogen and oxygen atoms in total. The highest BCUT2D eigenvalue weighted by molar-refractivity contribution is 5.91. The average Bonchev–Trinajstić information content (AvgIpc) is 2.93. The fourth-order valence-corrected chi connectivity index (χ4v) is 2.55. The molecule has 2 aromatic rings. The summed E-state index contributed by atoms with van der Waals surface area (Å²) < 4.78 is 5.27. The Labute approximate surface area is 134 Å². The minimum absolute atomic E-state index is 0.0544. The fourth-order valence-electron chi connectivity index (χ4n) is 2.55. The summed E-state index contributed by atoms with van der Waals surface area (Å²) in [4.78, 5) is 28.1. The van der Waals surface area contributed by atoms with Gasteiger partial charge in [-0.1, -0.05) is 0 Å². The van der Waals surface area contributed by atoms with Gasteiger partial charge in [0.05, 0.1) is 25.1 Å². The number of amides is 1. The van der Waals surface area contributed by atoms with Crippen LogP contribution in [0.3, 0.4) is 0 Å². The minimum Gasteiger partial charge on any atom is -0.378 e. The maximum atomic E-state index is 12.3. The number of ether oxygens (including phenoxy) is 1. The third-order valence-corrected chi connectivity index (χ3v) is 3.78. The highest BCUT2D eigenvalue weighted by Crippen LogP contribution is 2.23. The van der Waals surface area contributed by atoms with Gasteiger partial charge >= 0.3 is 0 Å². The van der Waals surface area contributed by atoms with Crippen LogP contribution in [0.25, 0.3) is 11.0 Å². The van der Waals surface area contributed by atoms with Gasteiger partial charge in [0.15, 0.2) is 0 Å². The van der Waals surface area contributed by atoms with Crippen molar-refractivity contribution in [1.29, 1.82) is 0 Å². The summed E-state index contributed by atoms with van der Waals surface area (Å²) in [6, 6.07) is 1.98. The molecule has 8 heteroatoms. The van der Waals surface area contributed by atoms with Crippen LogP contribution in [0.15, 0.2) is 6.07 Å². The summed E-state index contributed by atoms with van der Waals surface area (Å²) in [7, 11) is 3.78. The molecule has 1 aliphatic heterocycles. The number of carbonyl (C=O) groups excluding carboxylic acids is 1. The molecule has 3 rings (SSSR count). The number of anilines is 2. The summed E-state index contributed by atoms with van der Waals surface area (Å²) in [5, 5.41) is 4.06. The van der Waals surface area contributed by atoms with E-state index < -0.39 is 0 Å². The van der Waals surface area contributed by atoms with Gasteiger partial charge < -0.3 is 24.8 Å². The average molecular weight is 318 g/mol. The first kappa shape index (κ1) is 15.5. The van der Waals surface area contributed by atoms with Crippen LogP contribution in [-0.4, -0.2) is 72.7 Å². The van der Waals surface area contributed by atoms with E-state index in [4.69, 9.17) is 4.74 Å². The Morgan fingerprint density at radius 2 is 2.13 bits per heavy atom. The number of aromatic amines is 1. The summed E-state index contributed by atoms with van der Waals surface area (Å²) in [6.45, 7) is 4.68. The Balaban J connectivity index is 1.79. The number of fused-ring (bicyclic) bond motifs is 1. The zero-order valence-electron chi connectivity index (χ0n) is 13.7. The number of rotatable bonds is 4. The van der Waals surface area contributed by atoms with E-state index >= 15 is 0 Å². The van der Waals surface area contributed by atoms with Crippen molar-refractivity contribution in [3.05, 3.63) is 11.8 Å². The standard InChI is InChI=1S/C15H22N6O2/c1-10-8-11-13(18-15(20(2)3)19-14(11)17-10)16-9-12(22)21-4-6-23-7-5-21/h8H,4-7,9H2,1-3H3,(H2,16,17,18,19). The molecule has 3 heterocycles. The van der Waals surface area contributed by atoms with Gasteiger partial charge in [0.2, 0.25) is 11.9 Å². The molecule has 1 saturated heterocycles. The largest absolute Gasteiger partial charge is 0.378 e. The number of H-pyrrole nitrogens is 1. The van der Waals surface area contributed by atoms with Crippen LogP contribution in [0, 0.1) is 6.92 Å². The Morgan fingerprint density at radius 3 is 2.83 bits per heavy atom. The van der Waals surface area contributed by atoms with E-state index in [0.29, 0.717) is 38.1 Å². The van der Waals surface area contributed by atoms with Gasteiger partial charge in [0.25, 0.3) is 0 Å². The zero-order chi connectivity index (χ0) is 16.4. The normalized spacial score (nSPS) is 15.0. The molecule has 0 bridgehead atoms.